The fourth-order valence-corrected chi connectivity index (χ4v) is 2.13. The number of hydrogen-bond acceptors (Lipinski definition) is 3. The predicted molar refractivity (Wildman–Crippen MR) is 67.5 cm³/mol. The van der Waals surface area contributed by atoms with Crippen molar-refractivity contribution in [1.82, 2.24) is 0 Å². The van der Waals surface area contributed by atoms with Crippen LogP contribution in [0.15, 0.2) is 24.3 Å². The van der Waals surface area contributed by atoms with Gasteiger partial charge < -0.3 is 15.4 Å². The molecule has 0 saturated carbocycles. The monoisotopic (exact) mass is 288 g/mol. The van der Waals surface area contributed by atoms with Gasteiger partial charge in [0.25, 0.3) is 0 Å². The van der Waals surface area contributed by atoms with Crippen molar-refractivity contribution < 1.29 is 22.7 Å². The van der Waals surface area contributed by atoms with Crippen LogP contribution in [0.3, 0.4) is 0 Å². The van der Waals surface area contributed by atoms with Gasteiger partial charge in [0.1, 0.15) is 5.75 Å². The minimum absolute atomic E-state index is 0.0261. The number of hydrogen-bond donors (Lipinski definition) is 1. The number of nitrogens with two attached hydrogens (primary N) is 1. The summed E-state index contributed by atoms with van der Waals surface area (Å²) in [4.78, 5) is 13.3. The Morgan fingerprint density at radius 1 is 1.35 bits per heavy atom. The number of anilines is 1. The lowest BCUT2D eigenvalue weighted by atomic mass is 10.1. The first-order valence-corrected chi connectivity index (χ1v) is 6.19. The normalized spacial score (nSPS) is 19.5. The van der Waals surface area contributed by atoms with Crippen LogP contribution in [-0.2, 0) is 4.79 Å². The van der Waals surface area contributed by atoms with Crippen LogP contribution in [0.2, 0.25) is 0 Å². The van der Waals surface area contributed by atoms with Crippen LogP contribution < -0.4 is 15.4 Å². The summed E-state index contributed by atoms with van der Waals surface area (Å²) in [7, 11) is 0. The SMILES string of the molecule is NCC1CC(=O)N(c2ccccc2OCC(F)(F)F)C1. The maximum absolute atomic E-state index is 12.2. The summed E-state index contributed by atoms with van der Waals surface area (Å²) in [5.74, 6) is -0.0717. The highest BCUT2D eigenvalue weighted by Crippen LogP contribution is 2.33. The van der Waals surface area contributed by atoms with Gasteiger partial charge in [-0.2, -0.15) is 13.2 Å². The van der Waals surface area contributed by atoms with E-state index in [0.29, 0.717) is 25.2 Å². The number of amides is 1. The molecule has 1 saturated heterocycles. The Morgan fingerprint density at radius 2 is 2.05 bits per heavy atom. The largest absolute Gasteiger partial charge is 0.482 e. The summed E-state index contributed by atoms with van der Waals surface area (Å²) in [6, 6.07) is 6.21. The molecule has 1 atom stereocenters. The van der Waals surface area contributed by atoms with Gasteiger partial charge >= 0.3 is 6.18 Å². The molecule has 0 bridgehead atoms. The number of carbonyl (C=O) groups excluding carboxylic acids is 1. The van der Waals surface area contributed by atoms with Gasteiger partial charge in [0, 0.05) is 13.0 Å². The number of halogens is 3. The first-order chi connectivity index (χ1) is 9.40. The van der Waals surface area contributed by atoms with Gasteiger partial charge in [-0.05, 0) is 24.6 Å². The van der Waals surface area contributed by atoms with E-state index in [1.807, 2.05) is 0 Å². The third-order valence-corrected chi connectivity index (χ3v) is 3.09. The number of carbonyl (C=O) groups is 1. The lowest BCUT2D eigenvalue weighted by molar-refractivity contribution is -0.153. The Labute approximate surface area is 114 Å². The minimum Gasteiger partial charge on any atom is -0.482 e. The molecule has 1 fully saturated rings. The Balaban J connectivity index is 2.18. The topological polar surface area (TPSA) is 55.6 Å². The third kappa shape index (κ3) is 3.41. The van der Waals surface area contributed by atoms with Gasteiger partial charge in [-0.1, -0.05) is 12.1 Å². The average molecular weight is 288 g/mol. The van der Waals surface area contributed by atoms with Crippen molar-refractivity contribution >= 4 is 11.6 Å². The van der Waals surface area contributed by atoms with Gasteiger partial charge in [0.05, 0.1) is 5.69 Å². The van der Waals surface area contributed by atoms with E-state index in [0.717, 1.165) is 0 Å². The Hall–Kier alpha value is -1.76. The van der Waals surface area contributed by atoms with Crippen molar-refractivity contribution in [3.8, 4) is 5.75 Å². The highest BCUT2D eigenvalue weighted by Gasteiger charge is 2.33. The quantitative estimate of drug-likeness (QED) is 0.921. The van der Waals surface area contributed by atoms with Crippen molar-refractivity contribution in [1.29, 1.82) is 0 Å². The second-order valence-corrected chi connectivity index (χ2v) is 4.68. The summed E-state index contributed by atoms with van der Waals surface area (Å²) in [6.45, 7) is -0.609. The zero-order chi connectivity index (χ0) is 14.8. The van der Waals surface area contributed by atoms with Crippen LogP contribution in [0.4, 0.5) is 18.9 Å². The molecule has 2 N–H and O–H groups in total. The lowest BCUT2D eigenvalue weighted by Gasteiger charge is -2.20. The Kier molecular flexibility index (Phi) is 4.17. The molecule has 1 aliphatic rings. The molecule has 1 aromatic carbocycles. The first-order valence-electron chi connectivity index (χ1n) is 6.19. The molecule has 1 aromatic rings. The molecule has 4 nitrogen and oxygen atoms in total. The van der Waals surface area contributed by atoms with E-state index in [1.165, 1.54) is 11.0 Å². The molecule has 1 unspecified atom stereocenters. The van der Waals surface area contributed by atoms with E-state index in [9.17, 15) is 18.0 Å². The summed E-state index contributed by atoms with van der Waals surface area (Å²) in [5, 5.41) is 0. The molecule has 2 rings (SSSR count). The number of alkyl halides is 3. The number of ether oxygens (including phenoxy) is 1. The van der Waals surface area contributed by atoms with Gasteiger partial charge in [0.2, 0.25) is 5.91 Å². The molecule has 20 heavy (non-hydrogen) atoms. The van der Waals surface area contributed by atoms with Crippen molar-refractivity contribution in [2.45, 2.75) is 12.6 Å². The maximum Gasteiger partial charge on any atom is 0.422 e. The first kappa shape index (κ1) is 14.6. The van der Waals surface area contributed by atoms with Crippen LogP contribution in [0, 0.1) is 5.92 Å². The third-order valence-electron chi connectivity index (χ3n) is 3.09. The molecule has 7 heteroatoms. The van der Waals surface area contributed by atoms with E-state index in [2.05, 4.69) is 0 Å². The summed E-state index contributed by atoms with van der Waals surface area (Å²) in [6.07, 6.45) is -4.11. The van der Waals surface area contributed by atoms with Gasteiger partial charge in [0.15, 0.2) is 6.61 Å². The Bertz CT molecular complexity index is 491. The van der Waals surface area contributed by atoms with Crippen LogP contribution in [-0.4, -0.2) is 31.8 Å². The zero-order valence-corrected chi connectivity index (χ0v) is 10.7. The predicted octanol–water partition coefficient (Wildman–Crippen LogP) is 1.94. The summed E-state index contributed by atoms with van der Waals surface area (Å²) >= 11 is 0. The standard InChI is InChI=1S/C13H15F3N2O2/c14-13(15,16)8-20-11-4-2-1-3-10(11)18-7-9(6-17)5-12(18)19/h1-4,9H,5-8,17H2. The van der Waals surface area contributed by atoms with E-state index in [1.54, 1.807) is 18.2 Å². The fourth-order valence-electron chi connectivity index (χ4n) is 2.13. The fraction of sp³-hybridized carbons (Fsp3) is 0.462. The number of nitrogens with zero attached hydrogens (tertiary/aromatic N) is 1. The number of para-hydroxylation sites is 2. The smallest absolute Gasteiger partial charge is 0.422 e. The minimum atomic E-state index is -4.41. The Morgan fingerprint density at radius 3 is 2.65 bits per heavy atom. The van der Waals surface area contributed by atoms with Crippen molar-refractivity contribution in [2.24, 2.45) is 11.7 Å². The van der Waals surface area contributed by atoms with E-state index < -0.39 is 12.8 Å². The molecule has 0 aromatic heterocycles. The van der Waals surface area contributed by atoms with E-state index in [4.69, 9.17) is 10.5 Å². The maximum atomic E-state index is 12.2. The van der Waals surface area contributed by atoms with E-state index >= 15 is 0 Å². The van der Waals surface area contributed by atoms with Crippen molar-refractivity contribution in [3.05, 3.63) is 24.3 Å². The van der Waals surface area contributed by atoms with Crippen LogP contribution in [0.1, 0.15) is 6.42 Å². The molecule has 0 radical (unpaired) electrons. The molecular weight excluding hydrogens is 273 g/mol. The molecule has 1 amide bonds. The van der Waals surface area contributed by atoms with Crippen LogP contribution in [0.25, 0.3) is 0 Å². The van der Waals surface area contributed by atoms with Gasteiger partial charge in [-0.25, -0.2) is 0 Å². The second-order valence-electron chi connectivity index (χ2n) is 4.68. The summed E-state index contributed by atoms with van der Waals surface area (Å²) in [5.41, 5.74) is 5.89. The molecular formula is C13H15F3N2O2. The van der Waals surface area contributed by atoms with Crippen molar-refractivity contribution in [2.75, 3.05) is 24.6 Å². The highest BCUT2D eigenvalue weighted by molar-refractivity contribution is 5.97. The number of benzene rings is 1. The number of rotatable bonds is 4. The molecule has 0 spiro atoms. The average Bonchev–Trinajstić information content (AvgIpc) is 2.77. The zero-order valence-electron chi connectivity index (χ0n) is 10.7. The van der Waals surface area contributed by atoms with E-state index in [-0.39, 0.29) is 17.6 Å². The molecule has 1 heterocycles. The van der Waals surface area contributed by atoms with Crippen molar-refractivity contribution in [3.63, 3.8) is 0 Å². The lowest BCUT2D eigenvalue weighted by Crippen LogP contribution is -2.27. The molecule has 110 valence electrons. The van der Waals surface area contributed by atoms with Crippen LogP contribution >= 0.6 is 0 Å². The van der Waals surface area contributed by atoms with Gasteiger partial charge in [-0.3, -0.25) is 4.79 Å². The van der Waals surface area contributed by atoms with Gasteiger partial charge in [-0.15, -0.1) is 0 Å². The van der Waals surface area contributed by atoms with Crippen LogP contribution in [0.5, 0.6) is 5.75 Å². The highest BCUT2D eigenvalue weighted by atomic mass is 19.4. The summed E-state index contributed by atoms with van der Waals surface area (Å²) < 4.78 is 41.4. The molecule has 1 aliphatic heterocycles. The second kappa shape index (κ2) is 5.70. The molecule has 0 aliphatic carbocycles.